The second-order valence-corrected chi connectivity index (χ2v) is 7.45. The lowest BCUT2D eigenvalue weighted by molar-refractivity contribution is -0.139. The molecule has 0 aromatic heterocycles. The molecule has 1 spiro atoms. The van der Waals surface area contributed by atoms with Gasteiger partial charge in [-0.2, -0.15) is 11.8 Å². The Morgan fingerprint density at radius 1 is 1.30 bits per heavy atom. The van der Waals surface area contributed by atoms with Gasteiger partial charge in [-0.25, -0.2) is 0 Å². The summed E-state index contributed by atoms with van der Waals surface area (Å²) in [6.45, 7) is 3.07. The number of rotatable bonds is 3. The lowest BCUT2D eigenvalue weighted by Gasteiger charge is -2.43. The van der Waals surface area contributed by atoms with E-state index in [4.69, 9.17) is 9.47 Å². The third kappa shape index (κ3) is 3.56. The summed E-state index contributed by atoms with van der Waals surface area (Å²) in [5.41, 5.74) is 0.0142. The van der Waals surface area contributed by atoms with Gasteiger partial charge >= 0.3 is 0 Å². The van der Waals surface area contributed by atoms with Crippen molar-refractivity contribution >= 4 is 17.5 Å². The highest BCUT2D eigenvalue weighted by atomic mass is 32.2. The Labute approximate surface area is 125 Å². The molecule has 0 bridgehead atoms. The Bertz CT molecular complexity index is 333. The van der Waals surface area contributed by atoms with E-state index in [1.54, 1.807) is 0 Å². The monoisotopic (exact) mass is 299 g/mol. The lowest BCUT2D eigenvalue weighted by atomic mass is 9.79. The second-order valence-electron chi connectivity index (χ2n) is 6.23. The number of Topliss-reactive ketones (excluding diaryl/α,β-unsaturated/α-hetero) is 1. The first-order valence-corrected chi connectivity index (χ1v) is 8.98. The Morgan fingerprint density at radius 3 is 2.90 bits per heavy atom. The van der Waals surface area contributed by atoms with Crippen molar-refractivity contribution in [1.29, 1.82) is 0 Å². The molecular formula is C15H25NO3S. The molecule has 0 aliphatic carbocycles. The number of morpholine rings is 1. The minimum Gasteiger partial charge on any atom is -0.379 e. The molecule has 20 heavy (non-hydrogen) atoms. The predicted octanol–water partition coefficient (Wildman–Crippen LogP) is 1.63. The fourth-order valence-corrected chi connectivity index (χ4v) is 4.79. The van der Waals surface area contributed by atoms with Gasteiger partial charge in [0, 0.05) is 31.5 Å². The summed E-state index contributed by atoms with van der Waals surface area (Å²) in [7, 11) is 0. The molecule has 0 amide bonds. The average Bonchev–Trinajstić information content (AvgIpc) is 2.49. The second kappa shape index (κ2) is 6.77. The van der Waals surface area contributed by atoms with Crippen LogP contribution in [0.5, 0.6) is 0 Å². The molecule has 4 nitrogen and oxygen atoms in total. The van der Waals surface area contributed by atoms with E-state index in [1.807, 2.05) is 11.8 Å². The molecule has 3 aliphatic rings. The Balaban J connectivity index is 1.54. The van der Waals surface area contributed by atoms with E-state index >= 15 is 0 Å². The van der Waals surface area contributed by atoms with Crippen LogP contribution in [0.4, 0.5) is 0 Å². The van der Waals surface area contributed by atoms with Crippen LogP contribution in [-0.4, -0.2) is 55.3 Å². The molecule has 3 fully saturated rings. The number of ether oxygens (including phenoxy) is 2. The molecule has 3 heterocycles. The van der Waals surface area contributed by atoms with Crippen LogP contribution in [0, 0.1) is 5.92 Å². The summed E-state index contributed by atoms with van der Waals surface area (Å²) in [5, 5.41) is 3.38. The van der Waals surface area contributed by atoms with E-state index in [9.17, 15) is 4.79 Å². The summed E-state index contributed by atoms with van der Waals surface area (Å²) < 4.78 is 11.5. The molecular weight excluding hydrogens is 274 g/mol. The zero-order chi connectivity index (χ0) is 13.8. The highest BCUT2D eigenvalue weighted by molar-refractivity contribution is 7.99. The third-order valence-electron chi connectivity index (χ3n) is 4.80. The number of nitrogens with one attached hydrogen (secondary N) is 1. The normalized spacial score (nSPS) is 34.0. The van der Waals surface area contributed by atoms with Crippen LogP contribution >= 0.6 is 11.8 Å². The molecule has 0 aromatic rings. The van der Waals surface area contributed by atoms with Gasteiger partial charge in [0.1, 0.15) is 5.78 Å². The topological polar surface area (TPSA) is 47.6 Å². The fraction of sp³-hybridized carbons (Fsp3) is 0.933. The van der Waals surface area contributed by atoms with Crippen LogP contribution in [0.1, 0.15) is 32.1 Å². The van der Waals surface area contributed by atoms with Crippen LogP contribution in [0.3, 0.4) is 0 Å². The summed E-state index contributed by atoms with van der Waals surface area (Å²) >= 11 is 2.01. The quantitative estimate of drug-likeness (QED) is 0.858. The number of ketones is 1. The standard InChI is InChI=1S/C15H25NO3S/c17-14(9-13-11-18-6-4-16-13)12-1-5-19-15(10-12)2-7-20-8-3-15/h12-13,16H,1-11H2. The molecule has 3 aliphatic heterocycles. The number of hydrogen-bond donors (Lipinski definition) is 1. The van der Waals surface area contributed by atoms with Gasteiger partial charge in [0.25, 0.3) is 0 Å². The third-order valence-corrected chi connectivity index (χ3v) is 5.78. The minimum atomic E-state index is 0.0142. The van der Waals surface area contributed by atoms with Gasteiger partial charge in [0.15, 0.2) is 0 Å². The molecule has 0 aromatic carbocycles. The van der Waals surface area contributed by atoms with Crippen molar-refractivity contribution in [1.82, 2.24) is 5.32 Å². The van der Waals surface area contributed by atoms with Crippen molar-refractivity contribution in [3.05, 3.63) is 0 Å². The Kier molecular flexibility index (Phi) is 5.02. The molecule has 0 radical (unpaired) electrons. The molecule has 3 rings (SSSR count). The lowest BCUT2D eigenvalue weighted by Crippen LogP contribution is -2.47. The van der Waals surface area contributed by atoms with E-state index in [1.165, 1.54) is 11.5 Å². The van der Waals surface area contributed by atoms with Crippen LogP contribution in [-0.2, 0) is 14.3 Å². The largest absolute Gasteiger partial charge is 0.379 e. The molecule has 114 valence electrons. The average molecular weight is 299 g/mol. The predicted molar refractivity (Wildman–Crippen MR) is 80.2 cm³/mol. The number of carbonyl (C=O) groups excluding carboxylic acids is 1. The first-order valence-electron chi connectivity index (χ1n) is 7.83. The van der Waals surface area contributed by atoms with E-state index in [-0.39, 0.29) is 17.6 Å². The van der Waals surface area contributed by atoms with Gasteiger partial charge in [-0.3, -0.25) is 4.79 Å². The first kappa shape index (κ1) is 14.8. The van der Waals surface area contributed by atoms with Crippen molar-refractivity contribution in [2.24, 2.45) is 5.92 Å². The molecule has 1 N–H and O–H groups in total. The van der Waals surface area contributed by atoms with Crippen LogP contribution in [0.15, 0.2) is 0 Å². The molecule has 3 saturated heterocycles. The molecule has 0 saturated carbocycles. The highest BCUT2D eigenvalue weighted by Crippen LogP contribution is 2.40. The van der Waals surface area contributed by atoms with Crippen LogP contribution in [0.25, 0.3) is 0 Å². The van der Waals surface area contributed by atoms with Gasteiger partial charge < -0.3 is 14.8 Å². The summed E-state index contributed by atoms with van der Waals surface area (Å²) in [4.78, 5) is 12.5. The Hall–Kier alpha value is -0.100. The smallest absolute Gasteiger partial charge is 0.137 e. The zero-order valence-electron chi connectivity index (χ0n) is 12.1. The summed E-state index contributed by atoms with van der Waals surface area (Å²) in [6, 6.07) is 0.219. The SMILES string of the molecule is O=C(CC1COCCN1)C1CCOC2(CCSCC2)C1. The number of carbonyl (C=O) groups is 1. The summed E-state index contributed by atoms with van der Waals surface area (Å²) in [6.07, 6.45) is 4.70. The molecule has 5 heteroatoms. The van der Waals surface area contributed by atoms with Crippen molar-refractivity contribution in [2.45, 2.75) is 43.7 Å². The Morgan fingerprint density at radius 2 is 2.15 bits per heavy atom. The maximum Gasteiger partial charge on any atom is 0.137 e. The van der Waals surface area contributed by atoms with E-state index in [0.29, 0.717) is 18.8 Å². The van der Waals surface area contributed by atoms with Gasteiger partial charge in [-0.1, -0.05) is 0 Å². The van der Waals surface area contributed by atoms with Crippen molar-refractivity contribution in [3.8, 4) is 0 Å². The maximum atomic E-state index is 12.5. The van der Waals surface area contributed by atoms with E-state index < -0.39 is 0 Å². The highest BCUT2D eigenvalue weighted by Gasteiger charge is 2.41. The molecule has 2 unspecified atom stereocenters. The zero-order valence-corrected chi connectivity index (χ0v) is 12.9. The first-order chi connectivity index (χ1) is 9.77. The summed E-state index contributed by atoms with van der Waals surface area (Å²) in [5.74, 6) is 2.97. The van der Waals surface area contributed by atoms with Crippen LogP contribution in [0.2, 0.25) is 0 Å². The van der Waals surface area contributed by atoms with Crippen molar-refractivity contribution in [2.75, 3.05) is 37.9 Å². The van der Waals surface area contributed by atoms with Gasteiger partial charge in [-0.05, 0) is 37.2 Å². The number of thioether (sulfide) groups is 1. The van der Waals surface area contributed by atoms with E-state index in [2.05, 4.69) is 5.32 Å². The van der Waals surface area contributed by atoms with Gasteiger partial charge in [0.2, 0.25) is 0 Å². The fourth-order valence-electron chi connectivity index (χ4n) is 3.55. The molecule has 2 atom stereocenters. The van der Waals surface area contributed by atoms with Crippen molar-refractivity contribution in [3.63, 3.8) is 0 Å². The minimum absolute atomic E-state index is 0.0142. The maximum absolute atomic E-state index is 12.5. The van der Waals surface area contributed by atoms with E-state index in [0.717, 1.165) is 45.4 Å². The van der Waals surface area contributed by atoms with Gasteiger partial charge in [-0.15, -0.1) is 0 Å². The van der Waals surface area contributed by atoms with Gasteiger partial charge in [0.05, 0.1) is 18.8 Å². The number of hydrogen-bond acceptors (Lipinski definition) is 5. The van der Waals surface area contributed by atoms with Crippen LogP contribution < -0.4 is 5.32 Å². The van der Waals surface area contributed by atoms with Crippen molar-refractivity contribution < 1.29 is 14.3 Å².